The Hall–Kier alpha value is 0. The normalized spacial score (nSPS) is 30.9. The van der Waals surface area contributed by atoms with Crippen LogP contribution in [0.5, 0.6) is 0 Å². The molecule has 0 nitrogen and oxygen atoms in total. The molecule has 1 aliphatic carbocycles. The molecular weight excluding hydrogens is 156 g/mol. The van der Waals surface area contributed by atoms with E-state index in [0.29, 0.717) is 5.41 Å². The molecule has 0 aromatic carbocycles. The molecule has 1 saturated carbocycles. The second-order valence-corrected chi connectivity index (χ2v) is 6.16. The molecule has 2 atom stereocenters. The first-order valence-electron chi connectivity index (χ1n) is 5.93. The van der Waals surface area contributed by atoms with E-state index in [-0.39, 0.29) is 0 Å². The molecule has 0 aromatic heterocycles. The van der Waals surface area contributed by atoms with Crippen LogP contribution in [0, 0.1) is 23.2 Å². The lowest BCUT2D eigenvalue weighted by atomic mass is 9.63. The van der Waals surface area contributed by atoms with Gasteiger partial charge < -0.3 is 0 Å². The Morgan fingerprint density at radius 2 is 1.54 bits per heavy atom. The summed E-state index contributed by atoms with van der Waals surface area (Å²) >= 11 is 0. The molecule has 0 heterocycles. The van der Waals surface area contributed by atoms with Crippen molar-refractivity contribution in [3.63, 3.8) is 0 Å². The molecule has 0 bridgehead atoms. The molecule has 0 amide bonds. The molecule has 1 aliphatic rings. The van der Waals surface area contributed by atoms with Crippen molar-refractivity contribution >= 4 is 0 Å². The highest BCUT2D eigenvalue weighted by molar-refractivity contribution is 4.85. The summed E-state index contributed by atoms with van der Waals surface area (Å²) in [4.78, 5) is 0. The molecule has 78 valence electrons. The van der Waals surface area contributed by atoms with Gasteiger partial charge in [-0.1, -0.05) is 47.5 Å². The summed E-state index contributed by atoms with van der Waals surface area (Å²) in [5, 5.41) is 0. The van der Waals surface area contributed by atoms with Crippen molar-refractivity contribution in [1.29, 1.82) is 0 Å². The van der Waals surface area contributed by atoms with Crippen molar-refractivity contribution in [2.75, 3.05) is 0 Å². The van der Waals surface area contributed by atoms with Crippen LogP contribution in [0.25, 0.3) is 0 Å². The molecule has 0 radical (unpaired) electrons. The zero-order valence-corrected chi connectivity index (χ0v) is 10.1. The Balaban J connectivity index is 2.67. The third-order valence-electron chi connectivity index (χ3n) is 3.79. The van der Waals surface area contributed by atoms with Gasteiger partial charge >= 0.3 is 0 Å². The molecular formula is C13H26. The first-order valence-corrected chi connectivity index (χ1v) is 5.93. The van der Waals surface area contributed by atoms with Gasteiger partial charge in [0.25, 0.3) is 0 Å². The molecule has 0 spiro atoms. The Bertz CT molecular complexity index is 150. The van der Waals surface area contributed by atoms with E-state index in [0.717, 1.165) is 17.8 Å². The van der Waals surface area contributed by atoms with Gasteiger partial charge in [-0.3, -0.25) is 0 Å². The van der Waals surface area contributed by atoms with Gasteiger partial charge in [0.1, 0.15) is 0 Å². The Kier molecular flexibility index (Phi) is 3.43. The summed E-state index contributed by atoms with van der Waals surface area (Å²) in [6.45, 7) is 12.0. The van der Waals surface area contributed by atoms with Crippen LogP contribution in [-0.2, 0) is 0 Å². The monoisotopic (exact) mass is 182 g/mol. The van der Waals surface area contributed by atoms with Crippen molar-refractivity contribution in [1.82, 2.24) is 0 Å². The molecule has 2 unspecified atom stereocenters. The second-order valence-electron chi connectivity index (χ2n) is 6.16. The van der Waals surface area contributed by atoms with E-state index in [4.69, 9.17) is 0 Å². The van der Waals surface area contributed by atoms with E-state index >= 15 is 0 Å². The van der Waals surface area contributed by atoms with Gasteiger partial charge in [0.2, 0.25) is 0 Å². The van der Waals surface area contributed by atoms with Gasteiger partial charge in [-0.2, -0.15) is 0 Å². The van der Waals surface area contributed by atoms with Crippen molar-refractivity contribution in [3.8, 4) is 0 Å². The molecule has 0 heteroatoms. The highest BCUT2D eigenvalue weighted by Gasteiger charge is 2.35. The average molecular weight is 182 g/mol. The fourth-order valence-electron chi connectivity index (χ4n) is 3.03. The Morgan fingerprint density at radius 3 is 1.92 bits per heavy atom. The molecule has 13 heavy (non-hydrogen) atoms. The summed E-state index contributed by atoms with van der Waals surface area (Å²) in [6, 6.07) is 0. The number of hydrogen-bond donors (Lipinski definition) is 0. The molecule has 0 saturated heterocycles. The van der Waals surface area contributed by atoms with Gasteiger partial charge in [-0.05, 0) is 36.0 Å². The van der Waals surface area contributed by atoms with Crippen LogP contribution < -0.4 is 0 Å². The summed E-state index contributed by atoms with van der Waals surface area (Å²) in [5.41, 5.74) is 0.523. The standard InChI is InChI=1S/C13H26/c1-10(2)11-8-6-7-9-12(11)13(3,4)5/h10-12H,6-9H2,1-5H3. The van der Waals surface area contributed by atoms with E-state index in [1.165, 1.54) is 25.7 Å². The van der Waals surface area contributed by atoms with E-state index in [2.05, 4.69) is 34.6 Å². The first-order chi connectivity index (χ1) is 5.93. The summed E-state index contributed by atoms with van der Waals surface area (Å²) in [5.74, 6) is 2.82. The van der Waals surface area contributed by atoms with Crippen molar-refractivity contribution in [3.05, 3.63) is 0 Å². The van der Waals surface area contributed by atoms with Crippen molar-refractivity contribution in [2.24, 2.45) is 23.2 Å². The highest BCUT2D eigenvalue weighted by Crippen LogP contribution is 2.44. The highest BCUT2D eigenvalue weighted by atomic mass is 14.4. The van der Waals surface area contributed by atoms with E-state index in [1.807, 2.05) is 0 Å². The predicted molar refractivity (Wildman–Crippen MR) is 59.7 cm³/mol. The van der Waals surface area contributed by atoms with E-state index in [1.54, 1.807) is 0 Å². The van der Waals surface area contributed by atoms with Crippen LogP contribution >= 0.6 is 0 Å². The summed E-state index contributed by atoms with van der Waals surface area (Å²) in [6.07, 6.45) is 5.87. The van der Waals surface area contributed by atoms with Gasteiger partial charge in [-0.15, -0.1) is 0 Å². The maximum atomic E-state index is 2.42. The predicted octanol–water partition coefficient (Wildman–Crippen LogP) is 4.49. The van der Waals surface area contributed by atoms with Crippen molar-refractivity contribution in [2.45, 2.75) is 60.3 Å². The lowest BCUT2D eigenvalue weighted by molar-refractivity contribution is 0.0769. The quantitative estimate of drug-likeness (QED) is 0.560. The minimum atomic E-state index is 0.523. The van der Waals surface area contributed by atoms with Gasteiger partial charge in [0, 0.05) is 0 Å². The zero-order valence-electron chi connectivity index (χ0n) is 10.1. The van der Waals surface area contributed by atoms with Gasteiger partial charge in [0.05, 0.1) is 0 Å². The second kappa shape index (κ2) is 4.02. The summed E-state index contributed by atoms with van der Waals surface area (Å²) in [7, 11) is 0. The molecule has 0 aromatic rings. The van der Waals surface area contributed by atoms with E-state index in [9.17, 15) is 0 Å². The maximum Gasteiger partial charge on any atom is -0.0335 e. The van der Waals surface area contributed by atoms with Crippen LogP contribution in [0.2, 0.25) is 0 Å². The SMILES string of the molecule is CC(C)C1CCCCC1C(C)(C)C. The first kappa shape index (κ1) is 11.1. The fraction of sp³-hybridized carbons (Fsp3) is 1.00. The molecule has 1 rings (SSSR count). The maximum absolute atomic E-state index is 2.42. The Morgan fingerprint density at radius 1 is 1.00 bits per heavy atom. The van der Waals surface area contributed by atoms with Gasteiger partial charge in [-0.25, -0.2) is 0 Å². The topological polar surface area (TPSA) is 0 Å². The van der Waals surface area contributed by atoms with Crippen LogP contribution in [0.4, 0.5) is 0 Å². The molecule has 1 fully saturated rings. The smallest absolute Gasteiger partial charge is 0.0335 e. The van der Waals surface area contributed by atoms with Crippen LogP contribution in [0.15, 0.2) is 0 Å². The van der Waals surface area contributed by atoms with Crippen molar-refractivity contribution < 1.29 is 0 Å². The lowest BCUT2D eigenvalue weighted by Gasteiger charge is -2.42. The lowest BCUT2D eigenvalue weighted by Crippen LogP contribution is -2.33. The number of hydrogen-bond acceptors (Lipinski definition) is 0. The zero-order chi connectivity index (χ0) is 10.1. The molecule has 0 aliphatic heterocycles. The molecule has 0 N–H and O–H groups in total. The van der Waals surface area contributed by atoms with E-state index < -0.39 is 0 Å². The van der Waals surface area contributed by atoms with Gasteiger partial charge in [0.15, 0.2) is 0 Å². The minimum absolute atomic E-state index is 0.523. The largest absolute Gasteiger partial charge is 0.0625 e. The van der Waals surface area contributed by atoms with Crippen LogP contribution in [0.1, 0.15) is 60.3 Å². The minimum Gasteiger partial charge on any atom is -0.0625 e. The third-order valence-corrected chi connectivity index (χ3v) is 3.79. The summed E-state index contributed by atoms with van der Waals surface area (Å²) < 4.78 is 0. The third kappa shape index (κ3) is 2.72. The Labute approximate surface area is 84.1 Å². The number of rotatable bonds is 1. The average Bonchev–Trinajstić information content (AvgIpc) is 2.03. The van der Waals surface area contributed by atoms with Crippen LogP contribution in [0.3, 0.4) is 0 Å². The fourth-order valence-corrected chi connectivity index (χ4v) is 3.03. The van der Waals surface area contributed by atoms with Crippen LogP contribution in [-0.4, -0.2) is 0 Å².